The smallest absolute Gasteiger partial charge is 0.261 e. The lowest BCUT2D eigenvalue weighted by atomic mass is 10.2. The van der Waals surface area contributed by atoms with Crippen LogP contribution < -0.4 is 5.32 Å². The molecule has 0 spiro atoms. The lowest BCUT2D eigenvalue weighted by Crippen LogP contribution is -2.22. The Kier molecular flexibility index (Phi) is 4.11. The van der Waals surface area contributed by atoms with E-state index in [-0.39, 0.29) is 5.91 Å². The number of rotatable bonds is 4. The molecule has 0 aliphatic rings. The third-order valence-corrected chi connectivity index (χ3v) is 3.10. The summed E-state index contributed by atoms with van der Waals surface area (Å²) >= 11 is 1.45. The number of nitrogens with one attached hydrogen (secondary N) is 1. The molecule has 2 rings (SSSR count). The zero-order chi connectivity index (χ0) is 11.9. The highest BCUT2D eigenvalue weighted by molar-refractivity contribution is 7.12. The fourth-order valence-electron chi connectivity index (χ4n) is 1.41. The molecule has 86 valence electrons. The van der Waals surface area contributed by atoms with E-state index >= 15 is 0 Å². The molecule has 1 aromatic heterocycles. The average molecular weight is 243 g/mol. The van der Waals surface area contributed by atoms with Crippen LogP contribution in [0.1, 0.15) is 15.2 Å². The first-order valence-electron chi connectivity index (χ1n) is 5.39. The number of thiophene rings is 1. The molecular weight excluding hydrogens is 230 g/mol. The van der Waals surface area contributed by atoms with E-state index in [1.165, 1.54) is 11.3 Å². The Bertz CT molecular complexity index is 488. The standard InChI is InChI=1S/C14H13NOS/c16-14(13-9-5-11-17-13)15-10-4-8-12-6-2-1-3-7-12/h1-9,11H,10H2,(H,15,16)/b8-4+. The lowest BCUT2D eigenvalue weighted by Gasteiger charge is -1.98. The van der Waals surface area contributed by atoms with Crippen LogP contribution in [0.3, 0.4) is 0 Å². The van der Waals surface area contributed by atoms with Gasteiger partial charge in [0.1, 0.15) is 0 Å². The van der Waals surface area contributed by atoms with Gasteiger partial charge in [0.15, 0.2) is 0 Å². The van der Waals surface area contributed by atoms with Crippen LogP contribution in [0.4, 0.5) is 0 Å². The van der Waals surface area contributed by atoms with Gasteiger partial charge in [-0.05, 0) is 17.0 Å². The van der Waals surface area contributed by atoms with Gasteiger partial charge in [-0.15, -0.1) is 11.3 Å². The summed E-state index contributed by atoms with van der Waals surface area (Å²) in [6.45, 7) is 0.547. The number of carbonyl (C=O) groups is 1. The van der Waals surface area contributed by atoms with Gasteiger partial charge in [-0.25, -0.2) is 0 Å². The Morgan fingerprint density at radius 2 is 2.00 bits per heavy atom. The molecule has 0 fully saturated rings. The summed E-state index contributed by atoms with van der Waals surface area (Å²) in [5, 5.41) is 4.74. The topological polar surface area (TPSA) is 29.1 Å². The van der Waals surface area contributed by atoms with Crippen LogP contribution in [0.15, 0.2) is 53.9 Å². The van der Waals surface area contributed by atoms with E-state index in [0.717, 1.165) is 10.4 Å². The van der Waals surface area contributed by atoms with Gasteiger partial charge in [0.05, 0.1) is 4.88 Å². The molecule has 3 heteroatoms. The number of benzene rings is 1. The molecule has 2 nitrogen and oxygen atoms in total. The summed E-state index contributed by atoms with van der Waals surface area (Å²) < 4.78 is 0. The zero-order valence-electron chi connectivity index (χ0n) is 9.30. The summed E-state index contributed by atoms with van der Waals surface area (Å²) in [5.74, 6) is -0.0160. The molecular formula is C14H13NOS. The first kappa shape index (κ1) is 11.6. The van der Waals surface area contributed by atoms with Crippen molar-refractivity contribution in [1.82, 2.24) is 5.32 Å². The molecule has 1 aromatic carbocycles. The van der Waals surface area contributed by atoms with Crippen LogP contribution in [0.2, 0.25) is 0 Å². The molecule has 1 amide bonds. The maximum atomic E-state index is 11.6. The van der Waals surface area contributed by atoms with Crippen LogP contribution >= 0.6 is 11.3 Å². The summed E-state index contributed by atoms with van der Waals surface area (Å²) in [7, 11) is 0. The quantitative estimate of drug-likeness (QED) is 0.878. The van der Waals surface area contributed by atoms with E-state index in [4.69, 9.17) is 0 Å². The molecule has 0 aliphatic heterocycles. The Labute approximate surface area is 105 Å². The second-order valence-electron chi connectivity index (χ2n) is 3.50. The van der Waals surface area contributed by atoms with Crippen LogP contribution in [-0.2, 0) is 0 Å². The number of hydrogen-bond acceptors (Lipinski definition) is 2. The molecule has 0 saturated heterocycles. The molecule has 0 bridgehead atoms. The highest BCUT2D eigenvalue weighted by atomic mass is 32.1. The van der Waals surface area contributed by atoms with E-state index in [0.29, 0.717) is 6.54 Å². The van der Waals surface area contributed by atoms with E-state index in [1.807, 2.05) is 60.0 Å². The van der Waals surface area contributed by atoms with Crippen molar-refractivity contribution in [3.05, 3.63) is 64.4 Å². The molecule has 2 aromatic rings. The Balaban J connectivity index is 1.80. The van der Waals surface area contributed by atoms with E-state index in [9.17, 15) is 4.79 Å². The fourth-order valence-corrected chi connectivity index (χ4v) is 2.05. The molecule has 0 aliphatic carbocycles. The van der Waals surface area contributed by atoms with E-state index < -0.39 is 0 Å². The predicted octanol–water partition coefficient (Wildman–Crippen LogP) is 3.19. The highest BCUT2D eigenvalue weighted by Gasteiger charge is 2.02. The molecule has 0 atom stereocenters. The lowest BCUT2D eigenvalue weighted by molar-refractivity contribution is 0.0962. The third-order valence-electron chi connectivity index (χ3n) is 2.24. The van der Waals surface area contributed by atoms with Gasteiger partial charge in [-0.1, -0.05) is 48.6 Å². The highest BCUT2D eigenvalue weighted by Crippen LogP contribution is 2.07. The Morgan fingerprint density at radius 1 is 1.18 bits per heavy atom. The fraction of sp³-hybridized carbons (Fsp3) is 0.0714. The molecule has 0 unspecified atom stereocenters. The van der Waals surface area contributed by atoms with Crippen LogP contribution in [0.5, 0.6) is 0 Å². The van der Waals surface area contributed by atoms with Gasteiger partial charge in [0.2, 0.25) is 0 Å². The first-order chi connectivity index (χ1) is 8.36. The molecule has 17 heavy (non-hydrogen) atoms. The molecule has 0 saturated carbocycles. The maximum absolute atomic E-state index is 11.6. The molecule has 0 radical (unpaired) electrons. The van der Waals surface area contributed by atoms with Crippen molar-refractivity contribution >= 4 is 23.3 Å². The van der Waals surface area contributed by atoms with Gasteiger partial charge in [-0.2, -0.15) is 0 Å². The Hall–Kier alpha value is -1.87. The van der Waals surface area contributed by atoms with Crippen molar-refractivity contribution in [2.45, 2.75) is 0 Å². The van der Waals surface area contributed by atoms with Gasteiger partial charge in [-0.3, -0.25) is 4.79 Å². The van der Waals surface area contributed by atoms with Crippen molar-refractivity contribution in [2.75, 3.05) is 6.54 Å². The number of carbonyl (C=O) groups excluding carboxylic acids is 1. The first-order valence-corrected chi connectivity index (χ1v) is 6.27. The SMILES string of the molecule is O=C(NC/C=C/c1ccccc1)c1cccs1. The van der Waals surface area contributed by atoms with Gasteiger partial charge >= 0.3 is 0 Å². The summed E-state index contributed by atoms with van der Waals surface area (Å²) in [5.41, 5.74) is 1.14. The van der Waals surface area contributed by atoms with Crippen LogP contribution in [0, 0.1) is 0 Å². The second-order valence-corrected chi connectivity index (χ2v) is 4.45. The monoisotopic (exact) mass is 243 g/mol. The summed E-state index contributed by atoms with van der Waals surface area (Å²) in [6, 6.07) is 13.7. The van der Waals surface area contributed by atoms with Gasteiger partial charge in [0.25, 0.3) is 5.91 Å². The average Bonchev–Trinajstić information content (AvgIpc) is 2.89. The number of hydrogen-bond donors (Lipinski definition) is 1. The van der Waals surface area contributed by atoms with Crippen molar-refractivity contribution < 1.29 is 4.79 Å². The third kappa shape index (κ3) is 3.57. The maximum Gasteiger partial charge on any atom is 0.261 e. The largest absolute Gasteiger partial charge is 0.348 e. The molecule has 1 heterocycles. The van der Waals surface area contributed by atoms with Crippen molar-refractivity contribution in [3.8, 4) is 0 Å². The summed E-state index contributed by atoms with van der Waals surface area (Å²) in [4.78, 5) is 12.3. The Morgan fingerprint density at radius 3 is 2.71 bits per heavy atom. The van der Waals surface area contributed by atoms with Gasteiger partial charge < -0.3 is 5.32 Å². The van der Waals surface area contributed by atoms with Gasteiger partial charge in [0, 0.05) is 6.54 Å². The van der Waals surface area contributed by atoms with Crippen LogP contribution in [0.25, 0.3) is 6.08 Å². The van der Waals surface area contributed by atoms with Crippen LogP contribution in [-0.4, -0.2) is 12.5 Å². The molecule has 1 N–H and O–H groups in total. The second kappa shape index (κ2) is 6.01. The summed E-state index contributed by atoms with van der Waals surface area (Å²) in [6.07, 6.45) is 3.94. The zero-order valence-corrected chi connectivity index (χ0v) is 10.1. The van der Waals surface area contributed by atoms with E-state index in [2.05, 4.69) is 5.32 Å². The predicted molar refractivity (Wildman–Crippen MR) is 72.1 cm³/mol. The minimum absolute atomic E-state index is 0.0160. The van der Waals surface area contributed by atoms with Crippen molar-refractivity contribution in [2.24, 2.45) is 0 Å². The van der Waals surface area contributed by atoms with Crippen molar-refractivity contribution in [1.29, 1.82) is 0 Å². The minimum atomic E-state index is -0.0160. The van der Waals surface area contributed by atoms with E-state index in [1.54, 1.807) is 0 Å². The number of amides is 1. The van der Waals surface area contributed by atoms with Crippen molar-refractivity contribution in [3.63, 3.8) is 0 Å². The normalized spacial score (nSPS) is 10.6. The minimum Gasteiger partial charge on any atom is -0.348 e.